The second kappa shape index (κ2) is 6.89. The van der Waals surface area contributed by atoms with Crippen LogP contribution in [-0.4, -0.2) is 22.8 Å². The van der Waals surface area contributed by atoms with Gasteiger partial charge in [0, 0.05) is 13.0 Å². The third kappa shape index (κ3) is 7.78. The fourth-order valence-electron chi connectivity index (χ4n) is 1.31. The molecule has 0 saturated heterocycles. The summed E-state index contributed by atoms with van der Waals surface area (Å²) in [5.74, 6) is -0.122. The number of aliphatic hydroxyl groups excluding tert-OH is 1. The van der Waals surface area contributed by atoms with Gasteiger partial charge in [-0.2, -0.15) is 0 Å². The predicted molar refractivity (Wildman–Crippen MR) is 51.5 cm³/mol. The van der Waals surface area contributed by atoms with Gasteiger partial charge in [0.2, 0.25) is 0 Å². The quantitative estimate of drug-likeness (QED) is 0.641. The lowest BCUT2D eigenvalue weighted by atomic mass is 9.97. The Morgan fingerprint density at radius 2 is 1.77 bits per heavy atom. The van der Waals surface area contributed by atoms with Crippen molar-refractivity contribution in [1.82, 2.24) is 0 Å². The summed E-state index contributed by atoms with van der Waals surface area (Å²) >= 11 is 0. The summed E-state index contributed by atoms with van der Waals surface area (Å²) in [5.41, 5.74) is 0. The average molecular weight is 188 g/mol. The van der Waals surface area contributed by atoms with Crippen molar-refractivity contribution >= 4 is 5.97 Å². The molecule has 0 rings (SSSR count). The normalized spacial score (nSPS) is 15.3. The Bertz CT molecular complexity index is 145. The van der Waals surface area contributed by atoms with Crippen molar-refractivity contribution in [2.75, 3.05) is 6.61 Å². The second-order valence-electron chi connectivity index (χ2n) is 3.92. The van der Waals surface area contributed by atoms with Gasteiger partial charge >= 0.3 is 5.97 Å². The van der Waals surface area contributed by atoms with Crippen LogP contribution < -0.4 is 0 Å². The van der Waals surface area contributed by atoms with E-state index in [1.807, 2.05) is 13.8 Å². The molecule has 2 atom stereocenters. The van der Waals surface area contributed by atoms with Crippen LogP contribution in [0.3, 0.4) is 0 Å². The van der Waals surface area contributed by atoms with Gasteiger partial charge in [-0.25, -0.2) is 0 Å². The molecule has 13 heavy (non-hydrogen) atoms. The first-order valence-corrected chi connectivity index (χ1v) is 4.89. The lowest BCUT2D eigenvalue weighted by Crippen LogP contribution is -2.06. The van der Waals surface area contributed by atoms with E-state index in [0.717, 1.165) is 19.3 Å². The molecule has 0 bridgehead atoms. The monoisotopic (exact) mass is 188 g/mol. The van der Waals surface area contributed by atoms with Gasteiger partial charge in [-0.1, -0.05) is 26.7 Å². The van der Waals surface area contributed by atoms with E-state index in [-0.39, 0.29) is 18.9 Å². The molecule has 0 aromatic rings. The Kier molecular flexibility index (Phi) is 6.59. The molecule has 0 radical (unpaired) electrons. The van der Waals surface area contributed by atoms with E-state index in [2.05, 4.69) is 0 Å². The smallest absolute Gasteiger partial charge is 0.303 e. The number of carboxylic acid groups (broad SMARTS) is 1. The van der Waals surface area contributed by atoms with Crippen molar-refractivity contribution in [1.29, 1.82) is 0 Å². The summed E-state index contributed by atoms with van der Waals surface area (Å²) < 4.78 is 0. The fourth-order valence-corrected chi connectivity index (χ4v) is 1.31. The van der Waals surface area contributed by atoms with Crippen molar-refractivity contribution in [2.45, 2.75) is 39.5 Å². The molecule has 0 aromatic heterocycles. The van der Waals surface area contributed by atoms with Crippen molar-refractivity contribution < 1.29 is 15.0 Å². The van der Waals surface area contributed by atoms with Crippen LogP contribution in [0.5, 0.6) is 0 Å². The molecule has 0 spiro atoms. The molecular weight excluding hydrogens is 168 g/mol. The molecule has 78 valence electrons. The maximum atomic E-state index is 10.3. The van der Waals surface area contributed by atoms with Gasteiger partial charge in [-0.05, 0) is 18.3 Å². The standard InChI is InChI=1S/C10H20O3/c1-8(6-10(12)13)4-3-5-9(2)7-11/h8-9,11H,3-7H2,1-2H3,(H,12,13)/t8-,9-/m1/s1. The molecule has 3 heteroatoms. The zero-order valence-corrected chi connectivity index (χ0v) is 8.49. The van der Waals surface area contributed by atoms with E-state index < -0.39 is 5.97 Å². The SMILES string of the molecule is C[C@H](CCC[C@@H](C)CO)CC(=O)O. The van der Waals surface area contributed by atoms with Crippen LogP contribution in [0.15, 0.2) is 0 Å². The minimum absolute atomic E-state index is 0.229. The molecule has 2 N–H and O–H groups in total. The first-order chi connectivity index (χ1) is 6.06. The zero-order chi connectivity index (χ0) is 10.3. The molecule has 0 saturated carbocycles. The van der Waals surface area contributed by atoms with Crippen molar-refractivity contribution in [3.63, 3.8) is 0 Å². The molecule has 3 nitrogen and oxygen atoms in total. The number of carbonyl (C=O) groups is 1. The molecule has 0 fully saturated rings. The number of hydrogen-bond acceptors (Lipinski definition) is 2. The number of hydrogen-bond donors (Lipinski definition) is 2. The first kappa shape index (κ1) is 12.4. The van der Waals surface area contributed by atoms with Crippen LogP contribution in [0.25, 0.3) is 0 Å². The highest BCUT2D eigenvalue weighted by molar-refractivity contribution is 5.66. The molecule has 0 amide bonds. The van der Waals surface area contributed by atoms with Crippen molar-refractivity contribution in [3.8, 4) is 0 Å². The van der Waals surface area contributed by atoms with Gasteiger partial charge in [0.25, 0.3) is 0 Å². The van der Waals surface area contributed by atoms with Crippen LogP contribution in [0.1, 0.15) is 39.5 Å². The Hall–Kier alpha value is -0.570. The maximum absolute atomic E-state index is 10.3. The van der Waals surface area contributed by atoms with Crippen LogP contribution >= 0.6 is 0 Å². The minimum Gasteiger partial charge on any atom is -0.481 e. The first-order valence-electron chi connectivity index (χ1n) is 4.89. The minimum atomic E-state index is -0.720. The van der Waals surface area contributed by atoms with E-state index in [9.17, 15) is 4.79 Å². The summed E-state index contributed by atoms with van der Waals surface area (Å²) in [4.78, 5) is 10.3. The average Bonchev–Trinajstić information content (AvgIpc) is 2.02. The zero-order valence-electron chi connectivity index (χ0n) is 8.49. The lowest BCUT2D eigenvalue weighted by molar-refractivity contribution is -0.138. The van der Waals surface area contributed by atoms with Gasteiger partial charge in [0.05, 0.1) is 0 Å². The van der Waals surface area contributed by atoms with E-state index in [0.29, 0.717) is 5.92 Å². The van der Waals surface area contributed by atoms with Crippen molar-refractivity contribution in [3.05, 3.63) is 0 Å². The Labute approximate surface area is 79.8 Å². The van der Waals surface area contributed by atoms with E-state index in [4.69, 9.17) is 10.2 Å². The van der Waals surface area contributed by atoms with E-state index in [1.165, 1.54) is 0 Å². The second-order valence-corrected chi connectivity index (χ2v) is 3.92. The Morgan fingerprint density at radius 3 is 2.23 bits per heavy atom. The van der Waals surface area contributed by atoms with E-state index in [1.54, 1.807) is 0 Å². The molecular formula is C10H20O3. The summed E-state index contributed by atoms with van der Waals surface area (Å²) in [6.45, 7) is 4.19. The number of aliphatic carboxylic acids is 1. The highest BCUT2D eigenvalue weighted by Crippen LogP contribution is 2.14. The molecule has 0 aromatic carbocycles. The van der Waals surface area contributed by atoms with Crippen LogP contribution in [0, 0.1) is 11.8 Å². The predicted octanol–water partition coefficient (Wildman–Crippen LogP) is 1.90. The van der Waals surface area contributed by atoms with Gasteiger partial charge in [-0.15, -0.1) is 0 Å². The third-order valence-electron chi connectivity index (χ3n) is 2.23. The fraction of sp³-hybridized carbons (Fsp3) is 0.900. The van der Waals surface area contributed by atoms with Crippen LogP contribution in [0.4, 0.5) is 0 Å². The van der Waals surface area contributed by atoms with Gasteiger partial charge < -0.3 is 10.2 Å². The van der Waals surface area contributed by atoms with Crippen molar-refractivity contribution in [2.24, 2.45) is 11.8 Å². The summed E-state index contributed by atoms with van der Waals surface area (Å²) in [6, 6.07) is 0. The van der Waals surface area contributed by atoms with Gasteiger partial charge in [0.1, 0.15) is 0 Å². The summed E-state index contributed by atoms with van der Waals surface area (Å²) in [7, 11) is 0. The maximum Gasteiger partial charge on any atom is 0.303 e. The summed E-state index contributed by atoms with van der Waals surface area (Å²) in [5, 5.41) is 17.2. The highest BCUT2D eigenvalue weighted by Gasteiger charge is 2.08. The number of aliphatic hydroxyl groups is 1. The van der Waals surface area contributed by atoms with Gasteiger partial charge in [-0.3, -0.25) is 4.79 Å². The largest absolute Gasteiger partial charge is 0.481 e. The number of carboxylic acids is 1. The Balaban J connectivity index is 3.36. The van der Waals surface area contributed by atoms with E-state index >= 15 is 0 Å². The molecule has 0 aliphatic carbocycles. The molecule has 0 unspecified atom stereocenters. The van der Waals surface area contributed by atoms with Crippen LogP contribution in [-0.2, 0) is 4.79 Å². The molecule has 0 aliphatic heterocycles. The summed E-state index contributed by atoms with van der Waals surface area (Å²) in [6.07, 6.45) is 3.20. The third-order valence-corrected chi connectivity index (χ3v) is 2.23. The highest BCUT2D eigenvalue weighted by atomic mass is 16.4. The number of rotatable bonds is 7. The lowest BCUT2D eigenvalue weighted by Gasteiger charge is -2.10. The Morgan fingerprint density at radius 1 is 1.23 bits per heavy atom. The van der Waals surface area contributed by atoms with Crippen LogP contribution in [0.2, 0.25) is 0 Å². The molecule has 0 heterocycles. The van der Waals surface area contributed by atoms with Gasteiger partial charge in [0.15, 0.2) is 0 Å². The molecule has 0 aliphatic rings. The topological polar surface area (TPSA) is 57.5 Å².